The molecular weight excluding hydrogens is 527 g/mol. The lowest BCUT2D eigenvalue weighted by Crippen LogP contribution is -2.32. The number of alkyl halides is 3. The average Bonchev–Trinajstić information content (AvgIpc) is 3.18. The largest absolute Gasteiger partial charge is 0.573 e. The first kappa shape index (κ1) is 28.8. The molecule has 1 atom stereocenters. The first-order chi connectivity index (χ1) is 19.0. The van der Waals surface area contributed by atoms with Crippen molar-refractivity contribution in [3.05, 3.63) is 94.4 Å². The Balaban J connectivity index is 1.74. The number of benzene rings is 2. The van der Waals surface area contributed by atoms with E-state index in [1.54, 1.807) is 30.3 Å². The number of anilines is 1. The summed E-state index contributed by atoms with van der Waals surface area (Å²) in [7, 11) is 0. The molecule has 0 saturated heterocycles. The molecule has 11 heteroatoms. The quantitative estimate of drug-likeness (QED) is 0.247. The Kier molecular flexibility index (Phi) is 8.53. The van der Waals surface area contributed by atoms with Gasteiger partial charge in [0.05, 0.1) is 23.9 Å². The molecule has 0 radical (unpaired) electrons. The van der Waals surface area contributed by atoms with Gasteiger partial charge in [-0.25, -0.2) is 0 Å². The van der Waals surface area contributed by atoms with Gasteiger partial charge in [-0.05, 0) is 48.2 Å². The Bertz CT molecular complexity index is 1390. The zero-order chi connectivity index (χ0) is 29.0. The fraction of sp³-hybridized carbons (Fsp3) is 0.310. The summed E-state index contributed by atoms with van der Waals surface area (Å²) in [5, 5.41) is 19.2. The van der Waals surface area contributed by atoms with Gasteiger partial charge < -0.3 is 14.6 Å². The van der Waals surface area contributed by atoms with E-state index in [4.69, 9.17) is 4.74 Å². The van der Waals surface area contributed by atoms with Gasteiger partial charge in [-0.1, -0.05) is 50.2 Å². The van der Waals surface area contributed by atoms with Crippen LogP contribution < -0.4 is 9.64 Å². The molecule has 2 aromatic carbocycles. The maximum Gasteiger partial charge on any atom is 0.573 e. The van der Waals surface area contributed by atoms with E-state index >= 15 is 0 Å². The minimum atomic E-state index is -4.89. The third-order valence-electron chi connectivity index (χ3n) is 6.38. The molecule has 1 aliphatic heterocycles. The zero-order valence-corrected chi connectivity index (χ0v) is 22.1. The third-order valence-corrected chi connectivity index (χ3v) is 6.38. The number of halogens is 3. The first-order valence-corrected chi connectivity index (χ1v) is 12.7. The molecule has 2 heterocycles. The maximum atomic E-state index is 13.7. The van der Waals surface area contributed by atoms with Crippen LogP contribution in [-0.4, -0.2) is 46.6 Å². The minimum absolute atomic E-state index is 0.0512. The van der Waals surface area contributed by atoms with Crippen molar-refractivity contribution >= 4 is 17.5 Å². The zero-order valence-electron chi connectivity index (χ0n) is 22.1. The molecule has 40 heavy (non-hydrogen) atoms. The van der Waals surface area contributed by atoms with Gasteiger partial charge in [-0.15, -0.1) is 18.3 Å². The number of aliphatic hydroxyl groups is 1. The van der Waals surface area contributed by atoms with Crippen LogP contribution in [0.3, 0.4) is 0 Å². The highest BCUT2D eigenvalue weighted by atomic mass is 19.4. The summed E-state index contributed by atoms with van der Waals surface area (Å²) in [5.41, 5.74) is 1.87. The van der Waals surface area contributed by atoms with Crippen LogP contribution >= 0.6 is 0 Å². The molecule has 1 amide bonds. The molecule has 1 aliphatic rings. The monoisotopic (exact) mass is 555 g/mol. The van der Waals surface area contributed by atoms with E-state index in [9.17, 15) is 27.9 Å². The lowest BCUT2D eigenvalue weighted by molar-refractivity contribution is -0.274. The van der Waals surface area contributed by atoms with Crippen LogP contribution in [0, 0.1) is 0 Å². The summed E-state index contributed by atoms with van der Waals surface area (Å²) < 4.78 is 47.4. The second-order valence-electron chi connectivity index (χ2n) is 9.39. The molecule has 4 rings (SSSR count). The van der Waals surface area contributed by atoms with Crippen molar-refractivity contribution in [2.45, 2.75) is 45.5 Å². The Morgan fingerprint density at radius 1 is 1.02 bits per heavy atom. The summed E-state index contributed by atoms with van der Waals surface area (Å²) >= 11 is 0. The van der Waals surface area contributed by atoms with Gasteiger partial charge in [0.15, 0.2) is 17.4 Å². The minimum Gasteiger partial charge on any atom is -0.503 e. The predicted octanol–water partition coefficient (Wildman–Crippen LogP) is 5.86. The smallest absolute Gasteiger partial charge is 0.503 e. The lowest BCUT2D eigenvalue weighted by Gasteiger charge is -2.26. The highest BCUT2D eigenvalue weighted by molar-refractivity contribution is 6.20. The number of rotatable bonds is 10. The van der Waals surface area contributed by atoms with Crippen LogP contribution in [0.15, 0.2) is 72.0 Å². The van der Waals surface area contributed by atoms with E-state index in [-0.39, 0.29) is 28.4 Å². The normalized spacial score (nSPS) is 15.7. The molecule has 0 spiro atoms. The number of carbonyl (C=O) groups is 2. The third kappa shape index (κ3) is 6.31. The van der Waals surface area contributed by atoms with E-state index in [1.165, 1.54) is 18.2 Å². The Labute approximate surface area is 229 Å². The first-order valence-electron chi connectivity index (χ1n) is 12.7. The number of nitrogens with zero attached hydrogens (tertiary/aromatic N) is 3. The second-order valence-corrected chi connectivity index (χ2v) is 9.39. The number of carbonyl (C=O) groups excluding carboxylic acids is 2. The van der Waals surface area contributed by atoms with E-state index in [2.05, 4.69) is 14.9 Å². The number of Topliss-reactive ketones (excluding diaryl/α,β-unsaturated/α-hetero) is 1. The van der Waals surface area contributed by atoms with Gasteiger partial charge in [0.2, 0.25) is 0 Å². The van der Waals surface area contributed by atoms with Gasteiger partial charge in [0, 0.05) is 18.6 Å². The predicted molar refractivity (Wildman–Crippen MR) is 140 cm³/mol. The number of amides is 1. The SMILES string of the molecule is CCOCCc1ccc(N2C(=O)C(O)=C(C(=O)c3ccc(C(C)C)cc3)C2c2ccc(OC(F)(F)F)cc2)nn1. The molecule has 1 unspecified atom stereocenters. The Morgan fingerprint density at radius 3 is 2.25 bits per heavy atom. The van der Waals surface area contributed by atoms with Crippen molar-refractivity contribution in [1.29, 1.82) is 0 Å². The van der Waals surface area contributed by atoms with Gasteiger partial charge in [0.25, 0.3) is 5.91 Å². The van der Waals surface area contributed by atoms with Crippen LogP contribution in [0.2, 0.25) is 0 Å². The fourth-order valence-electron chi connectivity index (χ4n) is 4.35. The maximum absolute atomic E-state index is 13.7. The summed E-state index contributed by atoms with van der Waals surface area (Å²) in [6.07, 6.45) is -4.41. The molecule has 0 bridgehead atoms. The second kappa shape index (κ2) is 11.9. The van der Waals surface area contributed by atoms with Crippen LogP contribution in [0.1, 0.15) is 59.9 Å². The van der Waals surface area contributed by atoms with Crippen molar-refractivity contribution in [3.8, 4) is 5.75 Å². The van der Waals surface area contributed by atoms with Crippen LogP contribution in [0.25, 0.3) is 0 Å². The number of ether oxygens (including phenoxy) is 2. The topological polar surface area (TPSA) is 102 Å². The average molecular weight is 556 g/mol. The standard InChI is InChI=1S/C29H28F3N3O5/c1-4-39-16-15-21-11-14-23(34-33-21)35-25(19-9-12-22(13-10-19)40-29(30,31)32)24(27(37)28(35)38)26(36)20-7-5-18(6-8-20)17(2)3/h5-14,17,25,37H,4,15-16H2,1-3H3. The van der Waals surface area contributed by atoms with Crippen molar-refractivity contribution in [3.63, 3.8) is 0 Å². The van der Waals surface area contributed by atoms with Gasteiger partial charge in [-0.2, -0.15) is 5.10 Å². The van der Waals surface area contributed by atoms with E-state index < -0.39 is 35.6 Å². The molecule has 3 aromatic rings. The molecule has 210 valence electrons. The molecule has 1 N–H and O–H groups in total. The van der Waals surface area contributed by atoms with E-state index in [1.807, 2.05) is 20.8 Å². The fourth-order valence-corrected chi connectivity index (χ4v) is 4.35. The molecule has 1 aromatic heterocycles. The molecule has 0 fully saturated rings. The Hall–Kier alpha value is -4.25. The van der Waals surface area contributed by atoms with Crippen molar-refractivity contribution < 1.29 is 37.3 Å². The highest BCUT2D eigenvalue weighted by Crippen LogP contribution is 2.42. The van der Waals surface area contributed by atoms with Gasteiger partial charge >= 0.3 is 6.36 Å². The summed E-state index contributed by atoms with van der Waals surface area (Å²) in [4.78, 5) is 28.1. The molecule has 8 nitrogen and oxygen atoms in total. The number of aliphatic hydroxyl groups excluding tert-OH is 1. The van der Waals surface area contributed by atoms with Crippen molar-refractivity contribution in [2.24, 2.45) is 0 Å². The van der Waals surface area contributed by atoms with Crippen LogP contribution in [0.4, 0.5) is 19.0 Å². The van der Waals surface area contributed by atoms with Crippen LogP contribution in [0.5, 0.6) is 5.75 Å². The highest BCUT2D eigenvalue weighted by Gasteiger charge is 2.45. The molecular formula is C29H28F3N3O5. The number of hydrogen-bond acceptors (Lipinski definition) is 7. The van der Waals surface area contributed by atoms with E-state index in [0.29, 0.717) is 25.3 Å². The van der Waals surface area contributed by atoms with Gasteiger partial charge in [-0.3, -0.25) is 14.5 Å². The molecule has 0 aliphatic carbocycles. The summed E-state index contributed by atoms with van der Waals surface area (Å²) in [6, 6.07) is 13.5. The van der Waals surface area contributed by atoms with Crippen LogP contribution in [-0.2, 0) is 16.0 Å². The van der Waals surface area contributed by atoms with Crippen molar-refractivity contribution in [1.82, 2.24) is 10.2 Å². The Morgan fingerprint density at radius 2 is 1.70 bits per heavy atom. The lowest BCUT2D eigenvalue weighted by atomic mass is 9.91. The number of aromatic nitrogens is 2. The molecule has 0 saturated carbocycles. The van der Waals surface area contributed by atoms with Crippen molar-refractivity contribution in [2.75, 3.05) is 18.1 Å². The van der Waals surface area contributed by atoms with Gasteiger partial charge in [0.1, 0.15) is 5.75 Å². The number of ketones is 1. The number of hydrogen-bond donors (Lipinski definition) is 1. The summed E-state index contributed by atoms with van der Waals surface area (Å²) in [5.74, 6) is -2.47. The van der Waals surface area contributed by atoms with E-state index in [0.717, 1.165) is 22.6 Å². The summed E-state index contributed by atoms with van der Waals surface area (Å²) in [6.45, 7) is 6.85.